The SMILES string of the molecule is C[C@@H]1CCCCN1CCCOc1ccc(NC(=O)C2(c3ccc([N+](=O)[O-])cc3)CCCCC2)cc1. The van der Waals surface area contributed by atoms with Crippen LogP contribution in [0.1, 0.15) is 70.3 Å². The number of carbonyl (C=O) groups excluding carboxylic acids is 1. The summed E-state index contributed by atoms with van der Waals surface area (Å²) < 4.78 is 5.93. The highest BCUT2D eigenvalue weighted by Crippen LogP contribution is 2.41. The van der Waals surface area contributed by atoms with Crippen molar-refractivity contribution in [3.8, 4) is 5.75 Å². The summed E-state index contributed by atoms with van der Waals surface area (Å²) in [5, 5.41) is 14.1. The molecule has 0 aromatic heterocycles. The summed E-state index contributed by atoms with van der Waals surface area (Å²) in [5.74, 6) is 0.757. The number of nitrogens with one attached hydrogen (secondary N) is 1. The minimum atomic E-state index is -0.659. The van der Waals surface area contributed by atoms with E-state index in [9.17, 15) is 14.9 Å². The first-order valence-corrected chi connectivity index (χ1v) is 13.0. The zero-order valence-corrected chi connectivity index (χ0v) is 20.7. The van der Waals surface area contributed by atoms with Gasteiger partial charge in [-0.3, -0.25) is 14.9 Å². The first kappa shape index (κ1) is 25.2. The van der Waals surface area contributed by atoms with E-state index >= 15 is 0 Å². The van der Waals surface area contributed by atoms with Crippen LogP contribution in [0.3, 0.4) is 0 Å². The largest absolute Gasteiger partial charge is 0.494 e. The maximum Gasteiger partial charge on any atom is 0.269 e. The summed E-state index contributed by atoms with van der Waals surface area (Å²) in [4.78, 5) is 26.7. The number of piperidine rings is 1. The Bertz CT molecular complexity index is 984. The quantitative estimate of drug-likeness (QED) is 0.268. The lowest BCUT2D eigenvalue weighted by Crippen LogP contribution is -2.42. The number of ether oxygens (including phenoxy) is 1. The lowest BCUT2D eigenvalue weighted by atomic mass is 9.68. The van der Waals surface area contributed by atoms with E-state index in [-0.39, 0.29) is 11.6 Å². The molecule has 1 atom stereocenters. The fourth-order valence-electron chi connectivity index (χ4n) is 5.54. The number of nitro groups is 1. The van der Waals surface area contributed by atoms with Crippen LogP contribution in [0.5, 0.6) is 5.75 Å². The average molecular weight is 480 g/mol. The maximum atomic E-state index is 13.5. The average Bonchev–Trinajstić information content (AvgIpc) is 2.89. The van der Waals surface area contributed by atoms with Crippen LogP contribution >= 0.6 is 0 Å². The molecular weight excluding hydrogens is 442 g/mol. The molecule has 2 aromatic rings. The van der Waals surface area contributed by atoms with Crippen LogP contribution in [-0.2, 0) is 10.2 Å². The molecule has 2 aromatic carbocycles. The second-order valence-electron chi connectivity index (χ2n) is 10.0. The Hall–Kier alpha value is -2.93. The number of anilines is 1. The monoisotopic (exact) mass is 479 g/mol. The molecule has 7 heteroatoms. The number of nitrogens with zero attached hydrogens (tertiary/aromatic N) is 2. The minimum Gasteiger partial charge on any atom is -0.494 e. The Labute approximate surface area is 208 Å². The fourth-order valence-corrected chi connectivity index (χ4v) is 5.54. The van der Waals surface area contributed by atoms with Crippen molar-refractivity contribution in [2.45, 2.75) is 76.2 Å². The van der Waals surface area contributed by atoms with E-state index in [1.165, 1.54) is 37.9 Å². The highest BCUT2D eigenvalue weighted by molar-refractivity contribution is 5.99. The van der Waals surface area contributed by atoms with Gasteiger partial charge in [-0.25, -0.2) is 0 Å². The molecule has 188 valence electrons. The standard InChI is InChI=1S/C28H37N3O4/c1-22-8-3-6-19-30(22)20-7-21-35-26-15-11-24(12-16-26)29-27(32)28(17-4-2-5-18-28)23-9-13-25(14-10-23)31(33)34/h9-16,22H,2-8,17-21H2,1H3,(H,29,32)/t22-/m1/s1. The Morgan fingerprint density at radius 2 is 1.77 bits per heavy atom. The van der Waals surface area contributed by atoms with Crippen LogP contribution in [-0.4, -0.2) is 41.5 Å². The van der Waals surface area contributed by atoms with E-state index in [0.717, 1.165) is 62.1 Å². The number of benzene rings is 2. The van der Waals surface area contributed by atoms with Crippen molar-refractivity contribution >= 4 is 17.3 Å². The molecule has 0 unspecified atom stereocenters. The van der Waals surface area contributed by atoms with Crippen LogP contribution in [0.25, 0.3) is 0 Å². The molecule has 1 aliphatic heterocycles. The fraction of sp³-hybridized carbons (Fsp3) is 0.536. The predicted molar refractivity (Wildman–Crippen MR) is 138 cm³/mol. The topological polar surface area (TPSA) is 84.7 Å². The normalized spacial score (nSPS) is 20.2. The van der Waals surface area contributed by atoms with Gasteiger partial charge in [-0.05, 0) is 75.4 Å². The van der Waals surface area contributed by atoms with E-state index in [0.29, 0.717) is 12.6 Å². The van der Waals surface area contributed by atoms with E-state index < -0.39 is 10.3 Å². The second kappa shape index (κ2) is 11.7. The number of carbonyl (C=O) groups is 1. The highest BCUT2D eigenvalue weighted by atomic mass is 16.6. The molecule has 1 saturated carbocycles. The van der Waals surface area contributed by atoms with E-state index in [1.807, 2.05) is 24.3 Å². The van der Waals surface area contributed by atoms with Gasteiger partial charge in [-0.1, -0.05) is 37.8 Å². The summed E-state index contributed by atoms with van der Waals surface area (Å²) in [6, 6.07) is 14.7. The van der Waals surface area contributed by atoms with Crippen molar-refractivity contribution in [2.75, 3.05) is 25.0 Å². The number of hydrogen-bond donors (Lipinski definition) is 1. The van der Waals surface area contributed by atoms with Crippen LogP contribution in [0, 0.1) is 10.1 Å². The van der Waals surface area contributed by atoms with Gasteiger partial charge in [0.1, 0.15) is 5.75 Å². The Balaban J connectivity index is 1.34. The van der Waals surface area contributed by atoms with Gasteiger partial charge >= 0.3 is 0 Å². The maximum absolute atomic E-state index is 13.5. The lowest BCUT2D eigenvalue weighted by Gasteiger charge is -2.36. The molecule has 1 aliphatic carbocycles. The van der Waals surface area contributed by atoms with Crippen LogP contribution in [0.2, 0.25) is 0 Å². The molecule has 4 rings (SSSR count). The highest BCUT2D eigenvalue weighted by Gasteiger charge is 2.41. The number of rotatable bonds is 9. The van der Waals surface area contributed by atoms with Gasteiger partial charge in [0, 0.05) is 30.4 Å². The Morgan fingerprint density at radius 3 is 2.43 bits per heavy atom. The summed E-state index contributed by atoms with van der Waals surface area (Å²) >= 11 is 0. The number of non-ortho nitro benzene ring substituents is 1. The van der Waals surface area contributed by atoms with Crippen molar-refractivity contribution in [1.29, 1.82) is 0 Å². The summed E-state index contributed by atoms with van der Waals surface area (Å²) in [7, 11) is 0. The van der Waals surface area contributed by atoms with E-state index in [1.54, 1.807) is 12.1 Å². The lowest BCUT2D eigenvalue weighted by molar-refractivity contribution is -0.384. The predicted octanol–water partition coefficient (Wildman–Crippen LogP) is 6.08. The first-order chi connectivity index (χ1) is 17.0. The third-order valence-electron chi connectivity index (χ3n) is 7.68. The molecule has 1 saturated heterocycles. The third-order valence-corrected chi connectivity index (χ3v) is 7.68. The molecule has 1 amide bonds. The van der Waals surface area contributed by atoms with Gasteiger partial charge in [-0.2, -0.15) is 0 Å². The smallest absolute Gasteiger partial charge is 0.269 e. The third kappa shape index (κ3) is 6.20. The molecule has 2 fully saturated rings. The van der Waals surface area contributed by atoms with Gasteiger partial charge in [0.15, 0.2) is 0 Å². The zero-order chi connectivity index (χ0) is 24.7. The molecule has 7 nitrogen and oxygen atoms in total. The van der Waals surface area contributed by atoms with Gasteiger partial charge in [0.25, 0.3) is 5.69 Å². The number of hydrogen-bond acceptors (Lipinski definition) is 5. The summed E-state index contributed by atoms with van der Waals surface area (Å²) in [6.07, 6.45) is 9.45. The van der Waals surface area contributed by atoms with Gasteiger partial charge in [0.2, 0.25) is 5.91 Å². The summed E-state index contributed by atoms with van der Waals surface area (Å²) in [5.41, 5.74) is 0.967. The molecule has 0 spiro atoms. The summed E-state index contributed by atoms with van der Waals surface area (Å²) in [6.45, 7) is 5.25. The number of nitro benzene ring substituents is 1. The van der Waals surface area contributed by atoms with Gasteiger partial charge < -0.3 is 15.0 Å². The van der Waals surface area contributed by atoms with Crippen molar-refractivity contribution < 1.29 is 14.5 Å². The van der Waals surface area contributed by atoms with Crippen LogP contribution in [0.15, 0.2) is 48.5 Å². The molecule has 1 N–H and O–H groups in total. The Morgan fingerprint density at radius 1 is 1.06 bits per heavy atom. The Kier molecular flexibility index (Phi) is 8.39. The van der Waals surface area contributed by atoms with Crippen LogP contribution in [0.4, 0.5) is 11.4 Å². The van der Waals surface area contributed by atoms with E-state index in [2.05, 4.69) is 17.1 Å². The second-order valence-corrected chi connectivity index (χ2v) is 10.0. The molecule has 0 radical (unpaired) electrons. The van der Waals surface area contributed by atoms with Gasteiger partial charge in [-0.15, -0.1) is 0 Å². The van der Waals surface area contributed by atoms with E-state index in [4.69, 9.17) is 4.74 Å². The molecular formula is C28H37N3O4. The van der Waals surface area contributed by atoms with Crippen molar-refractivity contribution in [2.24, 2.45) is 0 Å². The minimum absolute atomic E-state index is 0.0427. The van der Waals surface area contributed by atoms with Crippen LogP contribution < -0.4 is 10.1 Å². The zero-order valence-electron chi connectivity index (χ0n) is 20.7. The molecule has 35 heavy (non-hydrogen) atoms. The van der Waals surface area contributed by atoms with Gasteiger partial charge in [0.05, 0.1) is 16.9 Å². The van der Waals surface area contributed by atoms with Crippen molar-refractivity contribution in [1.82, 2.24) is 4.90 Å². The molecule has 0 bridgehead atoms. The first-order valence-electron chi connectivity index (χ1n) is 13.0. The van der Waals surface area contributed by atoms with Crippen molar-refractivity contribution in [3.63, 3.8) is 0 Å². The molecule has 1 heterocycles. The number of amides is 1. The van der Waals surface area contributed by atoms with Crippen molar-refractivity contribution in [3.05, 3.63) is 64.2 Å². The number of likely N-dealkylation sites (tertiary alicyclic amines) is 1. The molecule has 2 aliphatic rings.